The van der Waals surface area contributed by atoms with Crippen LogP contribution in [0.5, 0.6) is 0 Å². The van der Waals surface area contributed by atoms with Crippen LogP contribution in [0.2, 0.25) is 0 Å². The minimum atomic E-state index is -1.16. The van der Waals surface area contributed by atoms with E-state index in [1.165, 1.54) is 0 Å². The Morgan fingerprint density at radius 2 is 2.00 bits per heavy atom. The third-order valence-electron chi connectivity index (χ3n) is 8.12. The minimum absolute atomic E-state index is 0.0270. The topological polar surface area (TPSA) is 172 Å². The van der Waals surface area contributed by atoms with Crippen LogP contribution in [0.3, 0.4) is 0 Å². The molecule has 2 aliphatic rings. The molecule has 5 N–H and O–H groups in total. The molecule has 0 unspecified atom stereocenters. The van der Waals surface area contributed by atoms with Crippen LogP contribution in [0.15, 0.2) is 30.9 Å². The van der Waals surface area contributed by atoms with Crippen molar-refractivity contribution in [1.29, 1.82) is 0 Å². The summed E-state index contributed by atoms with van der Waals surface area (Å²) in [4.78, 5) is 32.4. The molecule has 0 aliphatic carbocycles. The van der Waals surface area contributed by atoms with Gasteiger partial charge in [0, 0.05) is 38.7 Å². The molecule has 5 heterocycles. The fraction of sp³-hybridized carbons (Fsp3) is 0.500. The molecule has 2 aliphatic heterocycles. The van der Waals surface area contributed by atoms with E-state index in [2.05, 4.69) is 19.9 Å². The monoisotopic (exact) mass is 535 g/mol. The molecule has 2 fully saturated rings. The number of benzene rings is 1. The number of methoxy groups -OCH3 is 1. The van der Waals surface area contributed by atoms with Gasteiger partial charge in [-0.1, -0.05) is 0 Å². The average Bonchev–Trinajstić information content (AvgIpc) is 3.53. The van der Waals surface area contributed by atoms with Gasteiger partial charge in [0.15, 0.2) is 11.5 Å². The summed E-state index contributed by atoms with van der Waals surface area (Å²) in [6.45, 7) is 4.26. The quantitative estimate of drug-likeness (QED) is 0.339. The molecule has 4 aromatic rings. The number of hydrogen-bond acceptors (Lipinski definition) is 10. The molecule has 0 radical (unpaired) electrons. The van der Waals surface area contributed by atoms with Crippen molar-refractivity contribution in [3.05, 3.63) is 36.4 Å². The first-order chi connectivity index (χ1) is 18.7. The molecule has 0 saturated carbocycles. The number of aliphatic hydroxyl groups is 1. The van der Waals surface area contributed by atoms with E-state index in [-0.39, 0.29) is 30.3 Å². The van der Waals surface area contributed by atoms with Crippen LogP contribution in [-0.4, -0.2) is 89.6 Å². The van der Waals surface area contributed by atoms with Crippen molar-refractivity contribution >= 4 is 39.9 Å². The van der Waals surface area contributed by atoms with Gasteiger partial charge < -0.3 is 40.1 Å². The summed E-state index contributed by atoms with van der Waals surface area (Å²) in [5, 5.41) is 11.3. The minimum Gasteiger partial charge on any atom is -0.386 e. The van der Waals surface area contributed by atoms with Crippen molar-refractivity contribution in [2.45, 2.75) is 50.0 Å². The fourth-order valence-electron chi connectivity index (χ4n) is 5.82. The van der Waals surface area contributed by atoms with E-state index in [1.54, 1.807) is 26.7 Å². The zero-order chi connectivity index (χ0) is 27.4. The second-order valence-corrected chi connectivity index (χ2v) is 10.8. The molecule has 39 heavy (non-hydrogen) atoms. The summed E-state index contributed by atoms with van der Waals surface area (Å²) < 4.78 is 15.3. The number of nitrogens with zero attached hydrogens (tertiary/aromatic N) is 7. The number of carbonyl (C=O) groups excluding carboxylic acids is 1. The van der Waals surface area contributed by atoms with Gasteiger partial charge in [0.2, 0.25) is 5.95 Å². The van der Waals surface area contributed by atoms with Crippen molar-refractivity contribution in [3.63, 3.8) is 0 Å². The summed E-state index contributed by atoms with van der Waals surface area (Å²) in [5.41, 5.74) is 13.5. The van der Waals surface area contributed by atoms with Crippen molar-refractivity contribution in [2.75, 3.05) is 44.9 Å². The Balaban J connectivity index is 1.18. The summed E-state index contributed by atoms with van der Waals surface area (Å²) >= 11 is 0. The molecule has 6 rings (SSSR count). The lowest BCUT2D eigenvalue weighted by molar-refractivity contribution is -0.198. The molecular formula is C26H33N9O4. The first kappa shape index (κ1) is 25.5. The van der Waals surface area contributed by atoms with Crippen molar-refractivity contribution < 1.29 is 19.4 Å². The Bertz CT molecular complexity index is 1540. The smallest absolute Gasteiger partial charge is 0.253 e. The molecule has 1 spiro atoms. The molecule has 1 amide bonds. The number of anilines is 2. The number of amides is 1. The molecular weight excluding hydrogens is 502 g/mol. The van der Waals surface area contributed by atoms with E-state index in [0.717, 1.165) is 11.0 Å². The third-order valence-corrected chi connectivity index (χ3v) is 8.12. The zero-order valence-electron chi connectivity index (χ0n) is 22.1. The Kier molecular flexibility index (Phi) is 6.16. The van der Waals surface area contributed by atoms with E-state index in [9.17, 15) is 9.90 Å². The van der Waals surface area contributed by atoms with Crippen LogP contribution in [0.25, 0.3) is 22.2 Å². The van der Waals surface area contributed by atoms with Gasteiger partial charge in [-0.05, 0) is 38.0 Å². The van der Waals surface area contributed by atoms with E-state index < -0.39 is 11.2 Å². The van der Waals surface area contributed by atoms with E-state index in [1.807, 2.05) is 32.2 Å². The average molecular weight is 536 g/mol. The largest absolute Gasteiger partial charge is 0.386 e. The number of nitrogen functional groups attached to an aromatic ring is 2. The van der Waals surface area contributed by atoms with E-state index >= 15 is 0 Å². The number of carbonyl (C=O) groups is 1. The van der Waals surface area contributed by atoms with Gasteiger partial charge in [-0.25, -0.2) is 9.97 Å². The molecule has 0 bridgehead atoms. The summed E-state index contributed by atoms with van der Waals surface area (Å²) in [6, 6.07) is 5.27. The predicted octanol–water partition coefficient (Wildman–Crippen LogP) is 1.37. The molecule has 1 aromatic carbocycles. The van der Waals surface area contributed by atoms with Crippen LogP contribution in [0.1, 0.15) is 42.6 Å². The molecule has 3 aromatic heterocycles. The Morgan fingerprint density at radius 1 is 1.21 bits per heavy atom. The summed E-state index contributed by atoms with van der Waals surface area (Å²) in [7, 11) is 1.67. The Hall–Kier alpha value is -3.81. The Labute approximate surface area is 224 Å². The first-order valence-corrected chi connectivity index (χ1v) is 13.0. The van der Waals surface area contributed by atoms with Gasteiger partial charge in [-0.2, -0.15) is 9.97 Å². The van der Waals surface area contributed by atoms with Crippen LogP contribution in [0, 0.1) is 0 Å². The van der Waals surface area contributed by atoms with Gasteiger partial charge in [0.1, 0.15) is 11.1 Å². The lowest BCUT2D eigenvalue weighted by atomic mass is 9.77. The highest BCUT2D eigenvalue weighted by Gasteiger charge is 2.50. The second kappa shape index (κ2) is 9.43. The second-order valence-electron chi connectivity index (χ2n) is 10.8. The van der Waals surface area contributed by atoms with Crippen LogP contribution >= 0.6 is 0 Å². The van der Waals surface area contributed by atoms with Crippen LogP contribution < -0.4 is 11.5 Å². The number of hydrogen-bond donors (Lipinski definition) is 3. The molecule has 206 valence electrons. The zero-order valence-corrected chi connectivity index (χ0v) is 22.1. The number of fused-ring (bicyclic) bond motifs is 2. The number of imidazole rings is 2. The van der Waals surface area contributed by atoms with Crippen LogP contribution in [0.4, 0.5) is 11.8 Å². The van der Waals surface area contributed by atoms with Crippen molar-refractivity contribution in [3.8, 4) is 0 Å². The standard InChI is InChI=1S/C26H33N9O4/c1-25(37)13-39-26(12-19(25)35-15-30-20-21(27)31-24(28)32-22(20)35)5-7-33(8-6-26)23(36)16-3-4-18-17(11-16)29-14-34(18)9-10-38-2/h3-4,11,14-15,19,37H,5-10,12-13H2,1-2H3,(H4,27,28,31,32)/t19-,25-/m0/s1. The lowest BCUT2D eigenvalue weighted by Crippen LogP contribution is -2.57. The third kappa shape index (κ3) is 4.45. The number of aromatic nitrogens is 6. The highest BCUT2D eigenvalue weighted by molar-refractivity contribution is 5.97. The number of nitrogens with two attached hydrogens (primary N) is 2. The number of likely N-dealkylation sites (tertiary alicyclic amines) is 1. The van der Waals surface area contributed by atoms with Gasteiger partial charge in [-0.3, -0.25) is 4.79 Å². The van der Waals surface area contributed by atoms with Gasteiger partial charge in [-0.15, -0.1) is 0 Å². The SMILES string of the molecule is COCCn1cnc2cc(C(=O)N3CCC4(CC3)C[C@H](n3cnc5c(N)nc(N)nc53)[C@@](C)(O)CO4)ccc21. The first-order valence-electron chi connectivity index (χ1n) is 13.0. The molecule has 13 nitrogen and oxygen atoms in total. The van der Waals surface area contributed by atoms with Crippen LogP contribution in [-0.2, 0) is 16.0 Å². The number of rotatable bonds is 5. The maximum atomic E-state index is 13.4. The van der Waals surface area contributed by atoms with E-state index in [4.69, 9.17) is 20.9 Å². The van der Waals surface area contributed by atoms with Gasteiger partial charge >= 0.3 is 0 Å². The maximum Gasteiger partial charge on any atom is 0.253 e. The highest BCUT2D eigenvalue weighted by atomic mass is 16.5. The number of piperidine rings is 1. The molecule has 2 saturated heterocycles. The summed E-state index contributed by atoms with van der Waals surface area (Å²) in [6.07, 6.45) is 5.21. The predicted molar refractivity (Wildman–Crippen MR) is 144 cm³/mol. The Morgan fingerprint density at radius 3 is 2.77 bits per heavy atom. The lowest BCUT2D eigenvalue weighted by Gasteiger charge is -2.51. The fourth-order valence-corrected chi connectivity index (χ4v) is 5.82. The highest BCUT2D eigenvalue weighted by Crippen LogP contribution is 2.45. The summed E-state index contributed by atoms with van der Waals surface area (Å²) in [5.74, 6) is 0.222. The normalized spacial score (nSPS) is 23.2. The number of ether oxygens (including phenoxy) is 2. The maximum absolute atomic E-state index is 13.4. The molecule has 13 heteroatoms. The van der Waals surface area contributed by atoms with Gasteiger partial charge in [0.25, 0.3) is 5.91 Å². The van der Waals surface area contributed by atoms with E-state index in [0.29, 0.717) is 62.2 Å². The van der Waals surface area contributed by atoms with Crippen molar-refractivity contribution in [2.24, 2.45) is 0 Å². The van der Waals surface area contributed by atoms with Gasteiger partial charge in [0.05, 0.1) is 48.5 Å². The molecule has 2 atom stereocenters. The van der Waals surface area contributed by atoms with Crippen molar-refractivity contribution in [1.82, 2.24) is 34.0 Å².